The minimum absolute atomic E-state index is 0.146. The van der Waals surface area contributed by atoms with Gasteiger partial charge in [0.25, 0.3) is 0 Å². The van der Waals surface area contributed by atoms with E-state index in [4.69, 9.17) is 5.73 Å². The van der Waals surface area contributed by atoms with Crippen LogP contribution >= 0.6 is 0 Å². The Balaban J connectivity index is 1.82. The highest BCUT2D eigenvalue weighted by atomic mass is 16.2. The van der Waals surface area contributed by atoms with Crippen LogP contribution in [-0.2, 0) is 24.8 Å². The lowest BCUT2D eigenvalue weighted by molar-refractivity contribution is -0.122. The molecular weight excluding hydrogens is 240 g/mol. The van der Waals surface area contributed by atoms with Gasteiger partial charge in [-0.1, -0.05) is 30.3 Å². The molecule has 0 aliphatic heterocycles. The number of hydrogen-bond acceptors (Lipinski definition) is 3. The number of rotatable bonds is 5. The van der Waals surface area contributed by atoms with Crippen molar-refractivity contribution in [2.45, 2.75) is 19.0 Å². The minimum atomic E-state index is -0.529. The molecule has 1 atom stereocenters. The molecule has 0 bridgehead atoms. The molecule has 1 unspecified atom stereocenters. The third-order valence-electron chi connectivity index (χ3n) is 2.86. The number of carbonyl (C=O) groups excluding carboxylic acids is 1. The smallest absolute Gasteiger partial charge is 0.237 e. The van der Waals surface area contributed by atoms with E-state index in [9.17, 15) is 4.79 Å². The third-order valence-corrected chi connectivity index (χ3v) is 2.86. The second kappa shape index (κ2) is 6.15. The lowest BCUT2D eigenvalue weighted by Crippen LogP contribution is -2.41. The third kappa shape index (κ3) is 3.93. The molecule has 1 aromatic heterocycles. The van der Waals surface area contributed by atoms with Gasteiger partial charge in [0.2, 0.25) is 5.91 Å². The first kappa shape index (κ1) is 13.3. The van der Waals surface area contributed by atoms with E-state index >= 15 is 0 Å². The SMILES string of the molecule is Cn1cc(CNC(=O)C(N)Cc2ccccc2)cn1. The fraction of sp³-hybridized carbons (Fsp3) is 0.286. The largest absolute Gasteiger partial charge is 0.351 e. The topological polar surface area (TPSA) is 72.9 Å². The summed E-state index contributed by atoms with van der Waals surface area (Å²) >= 11 is 0. The van der Waals surface area contributed by atoms with Gasteiger partial charge >= 0.3 is 0 Å². The highest BCUT2D eigenvalue weighted by molar-refractivity contribution is 5.81. The van der Waals surface area contributed by atoms with Crippen LogP contribution in [0.25, 0.3) is 0 Å². The normalized spacial score (nSPS) is 12.1. The summed E-state index contributed by atoms with van der Waals surface area (Å²) < 4.78 is 1.70. The van der Waals surface area contributed by atoms with Gasteiger partial charge in [-0.15, -0.1) is 0 Å². The van der Waals surface area contributed by atoms with E-state index in [-0.39, 0.29) is 5.91 Å². The van der Waals surface area contributed by atoms with Crippen LogP contribution in [0.15, 0.2) is 42.7 Å². The fourth-order valence-corrected chi connectivity index (χ4v) is 1.84. The number of nitrogens with one attached hydrogen (secondary N) is 1. The first-order valence-corrected chi connectivity index (χ1v) is 6.20. The molecule has 0 radical (unpaired) electrons. The average Bonchev–Trinajstić information content (AvgIpc) is 2.83. The fourth-order valence-electron chi connectivity index (χ4n) is 1.84. The quantitative estimate of drug-likeness (QED) is 0.825. The van der Waals surface area contributed by atoms with Crippen molar-refractivity contribution in [2.75, 3.05) is 0 Å². The number of aryl methyl sites for hydroxylation is 1. The maximum atomic E-state index is 11.9. The second-order valence-electron chi connectivity index (χ2n) is 4.54. The van der Waals surface area contributed by atoms with Gasteiger partial charge in [0.15, 0.2) is 0 Å². The summed E-state index contributed by atoms with van der Waals surface area (Å²) in [6, 6.07) is 9.23. The van der Waals surface area contributed by atoms with Gasteiger partial charge in [0.1, 0.15) is 0 Å². The van der Waals surface area contributed by atoms with Crippen molar-refractivity contribution in [1.82, 2.24) is 15.1 Å². The summed E-state index contributed by atoms with van der Waals surface area (Å²) in [6.45, 7) is 0.454. The molecule has 19 heavy (non-hydrogen) atoms. The first-order valence-electron chi connectivity index (χ1n) is 6.20. The van der Waals surface area contributed by atoms with E-state index in [0.717, 1.165) is 11.1 Å². The van der Waals surface area contributed by atoms with Crippen LogP contribution < -0.4 is 11.1 Å². The Morgan fingerprint density at radius 1 is 1.37 bits per heavy atom. The minimum Gasteiger partial charge on any atom is -0.351 e. The molecule has 3 N–H and O–H groups in total. The highest BCUT2D eigenvalue weighted by Gasteiger charge is 2.13. The summed E-state index contributed by atoms with van der Waals surface area (Å²) in [4.78, 5) is 11.9. The van der Waals surface area contributed by atoms with Crippen LogP contribution in [0.3, 0.4) is 0 Å². The van der Waals surface area contributed by atoms with E-state index in [1.807, 2.05) is 43.6 Å². The van der Waals surface area contributed by atoms with Gasteiger partial charge in [0, 0.05) is 25.4 Å². The molecule has 0 fully saturated rings. The zero-order chi connectivity index (χ0) is 13.7. The predicted octanol–water partition coefficient (Wildman–Crippen LogP) is 0.606. The number of nitrogens with zero attached hydrogens (tertiary/aromatic N) is 2. The number of aromatic nitrogens is 2. The second-order valence-corrected chi connectivity index (χ2v) is 4.54. The van der Waals surface area contributed by atoms with E-state index in [1.165, 1.54) is 0 Å². The summed E-state index contributed by atoms with van der Waals surface area (Å²) in [7, 11) is 1.84. The Hall–Kier alpha value is -2.14. The Bertz CT molecular complexity index is 535. The maximum absolute atomic E-state index is 11.9. The van der Waals surface area contributed by atoms with E-state index in [1.54, 1.807) is 10.9 Å². The molecule has 5 heteroatoms. The van der Waals surface area contributed by atoms with Crippen molar-refractivity contribution in [3.63, 3.8) is 0 Å². The zero-order valence-corrected chi connectivity index (χ0v) is 10.9. The molecule has 0 aliphatic carbocycles. The van der Waals surface area contributed by atoms with E-state index in [2.05, 4.69) is 10.4 Å². The molecule has 100 valence electrons. The number of nitrogens with two attached hydrogens (primary N) is 1. The number of carbonyl (C=O) groups is 1. The highest BCUT2D eigenvalue weighted by Crippen LogP contribution is 2.02. The summed E-state index contributed by atoms with van der Waals surface area (Å²) in [6.07, 6.45) is 4.13. The molecule has 1 heterocycles. The zero-order valence-electron chi connectivity index (χ0n) is 10.9. The average molecular weight is 258 g/mol. The summed E-state index contributed by atoms with van der Waals surface area (Å²) in [5.74, 6) is -0.146. The molecule has 1 aromatic carbocycles. The molecule has 2 rings (SSSR count). The lowest BCUT2D eigenvalue weighted by atomic mass is 10.1. The van der Waals surface area contributed by atoms with Crippen molar-refractivity contribution in [1.29, 1.82) is 0 Å². The Morgan fingerprint density at radius 3 is 2.74 bits per heavy atom. The lowest BCUT2D eigenvalue weighted by Gasteiger charge is -2.11. The van der Waals surface area contributed by atoms with Gasteiger partial charge < -0.3 is 11.1 Å². The summed E-state index contributed by atoms with van der Waals surface area (Å²) in [5, 5.41) is 6.86. The molecule has 0 saturated carbocycles. The molecule has 5 nitrogen and oxygen atoms in total. The van der Waals surface area contributed by atoms with Gasteiger partial charge in [0.05, 0.1) is 12.2 Å². The standard InChI is InChI=1S/C14H18N4O/c1-18-10-12(9-17-18)8-16-14(19)13(15)7-11-5-3-2-4-6-11/h2-6,9-10,13H,7-8,15H2,1H3,(H,16,19). The molecule has 0 saturated heterocycles. The van der Waals surface area contributed by atoms with Gasteiger partial charge in [-0.05, 0) is 12.0 Å². The first-order chi connectivity index (χ1) is 9.15. The molecule has 0 spiro atoms. The van der Waals surface area contributed by atoms with Crippen molar-refractivity contribution in [2.24, 2.45) is 12.8 Å². The number of hydrogen-bond donors (Lipinski definition) is 2. The van der Waals surface area contributed by atoms with Crippen LogP contribution in [0.2, 0.25) is 0 Å². The Morgan fingerprint density at radius 2 is 2.11 bits per heavy atom. The molecule has 2 aromatic rings. The monoisotopic (exact) mass is 258 g/mol. The van der Waals surface area contributed by atoms with Crippen LogP contribution in [0.5, 0.6) is 0 Å². The van der Waals surface area contributed by atoms with Gasteiger partial charge in [-0.25, -0.2) is 0 Å². The maximum Gasteiger partial charge on any atom is 0.237 e. The predicted molar refractivity (Wildman–Crippen MR) is 73.2 cm³/mol. The van der Waals surface area contributed by atoms with E-state index < -0.39 is 6.04 Å². The van der Waals surface area contributed by atoms with Crippen LogP contribution in [0.1, 0.15) is 11.1 Å². The van der Waals surface area contributed by atoms with Crippen LogP contribution in [0.4, 0.5) is 0 Å². The summed E-state index contributed by atoms with van der Waals surface area (Å²) in [5.41, 5.74) is 7.91. The van der Waals surface area contributed by atoms with Crippen LogP contribution in [0, 0.1) is 0 Å². The van der Waals surface area contributed by atoms with Crippen molar-refractivity contribution >= 4 is 5.91 Å². The van der Waals surface area contributed by atoms with Crippen LogP contribution in [-0.4, -0.2) is 21.7 Å². The number of benzene rings is 1. The molecule has 0 aliphatic rings. The number of amides is 1. The Kier molecular flexibility index (Phi) is 4.30. The molecular formula is C14H18N4O. The Labute approximate surface area is 112 Å². The molecule has 1 amide bonds. The van der Waals surface area contributed by atoms with Gasteiger partial charge in [-0.2, -0.15) is 5.10 Å². The van der Waals surface area contributed by atoms with Gasteiger partial charge in [-0.3, -0.25) is 9.48 Å². The van der Waals surface area contributed by atoms with Crippen molar-refractivity contribution in [3.05, 3.63) is 53.9 Å². The van der Waals surface area contributed by atoms with E-state index in [0.29, 0.717) is 13.0 Å². The van der Waals surface area contributed by atoms with Crippen molar-refractivity contribution in [3.8, 4) is 0 Å². The van der Waals surface area contributed by atoms with Crippen molar-refractivity contribution < 1.29 is 4.79 Å².